The normalized spacial score (nSPS) is 11.1. The first-order valence-electron chi connectivity index (χ1n) is 6.90. The Morgan fingerprint density at radius 1 is 1.17 bits per heavy atom. The number of hydrogen-bond donors (Lipinski definition) is 1. The van der Waals surface area contributed by atoms with Crippen LogP contribution in [0.4, 0.5) is 4.39 Å². The van der Waals surface area contributed by atoms with Crippen molar-refractivity contribution in [3.63, 3.8) is 0 Å². The molecular formula is C16H16FNO5S. The molecule has 2 rings (SSSR count). The van der Waals surface area contributed by atoms with Gasteiger partial charge >= 0.3 is 5.97 Å². The molecule has 0 aliphatic rings. The highest BCUT2D eigenvalue weighted by atomic mass is 32.2. The summed E-state index contributed by atoms with van der Waals surface area (Å²) in [6.07, 6.45) is 0. The van der Waals surface area contributed by atoms with E-state index in [9.17, 15) is 17.6 Å². The minimum absolute atomic E-state index is 0.0781. The number of carbonyl (C=O) groups excluding carboxylic acids is 1. The molecule has 0 bridgehead atoms. The lowest BCUT2D eigenvalue weighted by atomic mass is 10.2. The third kappa shape index (κ3) is 4.09. The van der Waals surface area contributed by atoms with Gasteiger partial charge < -0.3 is 9.47 Å². The number of hydrogen-bond acceptors (Lipinski definition) is 5. The van der Waals surface area contributed by atoms with Crippen LogP contribution in [0.5, 0.6) is 5.75 Å². The van der Waals surface area contributed by atoms with Crippen molar-refractivity contribution < 1.29 is 27.1 Å². The number of rotatable bonds is 6. The Hall–Kier alpha value is -2.45. The standard InChI is InChI=1S/C16H16FNO5S/c1-18-24(20,21)13-7-8-15(17)14(9-13)16(19)23-10-11-3-5-12(22-2)6-4-11/h3-9,18H,10H2,1-2H3. The molecule has 0 spiro atoms. The van der Waals surface area contributed by atoms with Crippen LogP contribution < -0.4 is 9.46 Å². The van der Waals surface area contributed by atoms with E-state index in [1.54, 1.807) is 24.3 Å². The Morgan fingerprint density at radius 3 is 2.42 bits per heavy atom. The summed E-state index contributed by atoms with van der Waals surface area (Å²) in [5.74, 6) is -1.15. The summed E-state index contributed by atoms with van der Waals surface area (Å²) < 4.78 is 49.4. The van der Waals surface area contributed by atoms with Crippen molar-refractivity contribution in [3.05, 3.63) is 59.4 Å². The Kier molecular flexibility index (Phi) is 5.53. The van der Waals surface area contributed by atoms with Gasteiger partial charge in [0.1, 0.15) is 18.2 Å². The van der Waals surface area contributed by atoms with Crippen molar-refractivity contribution in [2.24, 2.45) is 0 Å². The summed E-state index contributed by atoms with van der Waals surface area (Å²) in [4.78, 5) is 11.8. The SMILES string of the molecule is CNS(=O)(=O)c1ccc(F)c(C(=O)OCc2ccc(OC)cc2)c1. The van der Waals surface area contributed by atoms with Gasteiger partial charge in [-0.25, -0.2) is 22.3 Å². The number of ether oxygens (including phenoxy) is 2. The molecule has 0 amide bonds. The summed E-state index contributed by atoms with van der Waals surface area (Å²) in [5, 5.41) is 0. The molecule has 8 heteroatoms. The molecule has 0 saturated heterocycles. The Balaban J connectivity index is 2.15. The van der Waals surface area contributed by atoms with E-state index in [1.807, 2.05) is 0 Å². The van der Waals surface area contributed by atoms with E-state index in [-0.39, 0.29) is 11.5 Å². The van der Waals surface area contributed by atoms with Crippen LogP contribution in [0.1, 0.15) is 15.9 Å². The maximum absolute atomic E-state index is 13.8. The molecule has 0 unspecified atom stereocenters. The van der Waals surface area contributed by atoms with Crippen LogP contribution in [0.2, 0.25) is 0 Å². The predicted octanol–water partition coefficient (Wildman–Crippen LogP) is 2.10. The van der Waals surface area contributed by atoms with Crippen LogP contribution in [0.3, 0.4) is 0 Å². The summed E-state index contributed by atoms with van der Waals surface area (Å²) in [5.41, 5.74) is 0.239. The fraction of sp³-hybridized carbons (Fsp3) is 0.188. The van der Waals surface area contributed by atoms with Gasteiger partial charge in [0, 0.05) is 0 Å². The smallest absolute Gasteiger partial charge is 0.341 e. The van der Waals surface area contributed by atoms with Crippen LogP contribution in [-0.4, -0.2) is 28.5 Å². The lowest BCUT2D eigenvalue weighted by Crippen LogP contribution is -2.19. The van der Waals surface area contributed by atoms with Crippen molar-refractivity contribution >= 4 is 16.0 Å². The van der Waals surface area contributed by atoms with E-state index in [0.29, 0.717) is 11.3 Å². The van der Waals surface area contributed by atoms with Gasteiger partial charge in [-0.05, 0) is 42.9 Å². The first kappa shape index (κ1) is 17.9. The number of carbonyl (C=O) groups is 1. The maximum atomic E-state index is 13.8. The van der Waals surface area contributed by atoms with Gasteiger partial charge in [-0.2, -0.15) is 0 Å². The molecule has 0 aliphatic heterocycles. The minimum Gasteiger partial charge on any atom is -0.497 e. The van der Waals surface area contributed by atoms with Gasteiger partial charge in [0.15, 0.2) is 0 Å². The molecule has 0 saturated carbocycles. The first-order valence-corrected chi connectivity index (χ1v) is 8.39. The molecule has 0 heterocycles. The Morgan fingerprint density at radius 2 is 1.83 bits per heavy atom. The highest BCUT2D eigenvalue weighted by Crippen LogP contribution is 2.17. The number of nitrogens with one attached hydrogen (secondary N) is 1. The van der Waals surface area contributed by atoms with Crippen molar-refractivity contribution in [1.29, 1.82) is 0 Å². The van der Waals surface area contributed by atoms with Crippen LogP contribution in [0, 0.1) is 5.82 Å². The van der Waals surface area contributed by atoms with Gasteiger partial charge in [-0.3, -0.25) is 0 Å². The zero-order valence-electron chi connectivity index (χ0n) is 13.1. The molecule has 0 aromatic heterocycles. The van der Waals surface area contributed by atoms with Crippen molar-refractivity contribution in [2.45, 2.75) is 11.5 Å². The third-order valence-corrected chi connectivity index (χ3v) is 4.68. The summed E-state index contributed by atoms with van der Waals surface area (Å²) in [6.45, 7) is -0.0781. The quantitative estimate of drug-likeness (QED) is 0.805. The van der Waals surface area contributed by atoms with Crippen molar-refractivity contribution in [2.75, 3.05) is 14.2 Å². The average Bonchev–Trinajstić information content (AvgIpc) is 2.60. The van der Waals surface area contributed by atoms with E-state index >= 15 is 0 Å². The Labute approximate surface area is 139 Å². The molecule has 0 radical (unpaired) electrons. The van der Waals surface area contributed by atoms with Crippen LogP contribution in [0.25, 0.3) is 0 Å². The Bertz CT molecular complexity index is 834. The first-order chi connectivity index (χ1) is 11.4. The van der Waals surface area contributed by atoms with Crippen LogP contribution in [0.15, 0.2) is 47.4 Å². The zero-order chi connectivity index (χ0) is 17.7. The highest BCUT2D eigenvalue weighted by Gasteiger charge is 2.19. The second-order valence-electron chi connectivity index (χ2n) is 4.77. The van der Waals surface area contributed by atoms with Gasteiger partial charge in [-0.1, -0.05) is 12.1 Å². The second-order valence-corrected chi connectivity index (χ2v) is 6.66. The number of benzene rings is 2. The van der Waals surface area contributed by atoms with E-state index in [1.165, 1.54) is 14.2 Å². The van der Waals surface area contributed by atoms with Gasteiger partial charge in [-0.15, -0.1) is 0 Å². The topological polar surface area (TPSA) is 81.7 Å². The van der Waals surface area contributed by atoms with E-state index < -0.39 is 27.4 Å². The summed E-state index contributed by atoms with van der Waals surface area (Å²) in [6, 6.07) is 9.72. The molecule has 6 nitrogen and oxygen atoms in total. The number of esters is 1. The molecule has 2 aromatic rings. The molecular weight excluding hydrogens is 337 g/mol. The number of methoxy groups -OCH3 is 1. The van der Waals surface area contributed by atoms with Crippen molar-refractivity contribution in [3.8, 4) is 5.75 Å². The molecule has 128 valence electrons. The molecule has 2 aromatic carbocycles. The average molecular weight is 353 g/mol. The van der Waals surface area contributed by atoms with Gasteiger partial charge in [0.25, 0.3) is 0 Å². The monoisotopic (exact) mass is 353 g/mol. The third-order valence-electron chi connectivity index (χ3n) is 3.27. The van der Waals surface area contributed by atoms with E-state index in [4.69, 9.17) is 9.47 Å². The van der Waals surface area contributed by atoms with Crippen molar-refractivity contribution in [1.82, 2.24) is 4.72 Å². The molecule has 1 N–H and O–H groups in total. The van der Waals surface area contributed by atoms with Crippen LogP contribution >= 0.6 is 0 Å². The lowest BCUT2D eigenvalue weighted by Gasteiger charge is -2.08. The van der Waals surface area contributed by atoms with Gasteiger partial charge in [0.2, 0.25) is 10.0 Å². The summed E-state index contributed by atoms with van der Waals surface area (Å²) >= 11 is 0. The fourth-order valence-corrected chi connectivity index (χ4v) is 2.65. The van der Waals surface area contributed by atoms with Gasteiger partial charge in [0.05, 0.1) is 17.6 Å². The lowest BCUT2D eigenvalue weighted by molar-refractivity contribution is 0.0467. The largest absolute Gasteiger partial charge is 0.497 e. The maximum Gasteiger partial charge on any atom is 0.341 e. The van der Waals surface area contributed by atoms with E-state index in [2.05, 4.69) is 4.72 Å². The minimum atomic E-state index is -3.78. The zero-order valence-corrected chi connectivity index (χ0v) is 13.9. The predicted molar refractivity (Wildman–Crippen MR) is 84.8 cm³/mol. The highest BCUT2D eigenvalue weighted by molar-refractivity contribution is 7.89. The molecule has 0 aliphatic carbocycles. The molecule has 0 fully saturated rings. The van der Waals surface area contributed by atoms with Crippen LogP contribution in [-0.2, 0) is 21.4 Å². The number of halogens is 1. The number of sulfonamides is 1. The second kappa shape index (κ2) is 7.41. The molecule has 0 atom stereocenters. The fourth-order valence-electron chi connectivity index (χ4n) is 1.89. The molecule has 24 heavy (non-hydrogen) atoms. The summed E-state index contributed by atoms with van der Waals surface area (Å²) in [7, 11) is -1.03. The van der Waals surface area contributed by atoms with E-state index in [0.717, 1.165) is 18.2 Å².